The summed E-state index contributed by atoms with van der Waals surface area (Å²) in [5, 5.41) is 15.1. The van der Waals surface area contributed by atoms with Gasteiger partial charge in [0, 0.05) is 34.9 Å². The molecule has 0 aliphatic heterocycles. The van der Waals surface area contributed by atoms with Gasteiger partial charge >= 0.3 is 0 Å². The van der Waals surface area contributed by atoms with E-state index in [2.05, 4.69) is 23.4 Å². The van der Waals surface area contributed by atoms with Crippen molar-refractivity contribution in [2.45, 2.75) is 32.7 Å². The predicted molar refractivity (Wildman–Crippen MR) is 89.7 cm³/mol. The van der Waals surface area contributed by atoms with Crippen LogP contribution in [-0.4, -0.2) is 19.8 Å². The van der Waals surface area contributed by atoms with Gasteiger partial charge in [-0.1, -0.05) is 49.5 Å². The maximum Gasteiger partial charge on any atom is 0.291 e. The first-order valence-electron chi connectivity index (χ1n) is 7.09. The van der Waals surface area contributed by atoms with E-state index in [1.54, 1.807) is 6.20 Å². The molecular weight excluding hydrogens is 341 g/mol. The summed E-state index contributed by atoms with van der Waals surface area (Å²) in [4.78, 5) is 12.5. The summed E-state index contributed by atoms with van der Waals surface area (Å²) >= 11 is 12.3. The highest BCUT2D eigenvalue weighted by atomic mass is 35.5. The van der Waals surface area contributed by atoms with E-state index in [0.29, 0.717) is 16.9 Å². The molecule has 0 radical (unpaired) electrons. The Morgan fingerprint density at radius 1 is 1.43 bits per heavy atom. The van der Waals surface area contributed by atoms with Crippen LogP contribution in [0.3, 0.4) is 0 Å². The molecule has 0 aliphatic carbocycles. The Balaban J connectivity index is 0.000000593. The Labute approximate surface area is 144 Å². The second-order valence-electron chi connectivity index (χ2n) is 5.16. The van der Waals surface area contributed by atoms with Crippen molar-refractivity contribution in [3.05, 3.63) is 62.6 Å². The van der Waals surface area contributed by atoms with E-state index in [4.69, 9.17) is 38.5 Å². The van der Waals surface area contributed by atoms with Crippen molar-refractivity contribution in [2.75, 3.05) is 0 Å². The Kier molecular flexibility index (Phi) is 7.85. The van der Waals surface area contributed by atoms with E-state index < -0.39 is 5.09 Å². The van der Waals surface area contributed by atoms with E-state index in [-0.39, 0.29) is 0 Å². The molecule has 1 N–H and O–H groups in total. The fourth-order valence-electron chi connectivity index (χ4n) is 2.29. The highest BCUT2D eigenvalue weighted by Gasteiger charge is 2.21. The molecule has 2 rings (SSSR count). The van der Waals surface area contributed by atoms with Crippen molar-refractivity contribution in [1.29, 1.82) is 0 Å². The third kappa shape index (κ3) is 6.46. The molecule has 2 aromatic rings. The number of hydrogen-bond donors (Lipinski definition) is 1. The Hall–Kier alpha value is -1.79. The fourth-order valence-corrected chi connectivity index (χ4v) is 2.84. The lowest BCUT2D eigenvalue weighted by atomic mass is 9.85. The maximum absolute atomic E-state index is 8.36. The zero-order valence-electron chi connectivity index (χ0n) is 12.9. The van der Waals surface area contributed by atoms with Crippen LogP contribution in [-0.2, 0) is 6.54 Å². The van der Waals surface area contributed by atoms with Crippen LogP contribution in [0, 0.1) is 16.0 Å². The number of hydrogen-bond acceptors (Lipinski definition) is 3. The molecule has 2 atom stereocenters. The second kappa shape index (κ2) is 9.37. The molecule has 8 heteroatoms. The molecule has 1 aromatic carbocycles. The molecule has 6 nitrogen and oxygen atoms in total. The molecule has 0 bridgehead atoms. The van der Waals surface area contributed by atoms with Gasteiger partial charge in [0.15, 0.2) is 0 Å². The first-order chi connectivity index (χ1) is 10.8. The highest BCUT2D eigenvalue weighted by Crippen LogP contribution is 2.34. The van der Waals surface area contributed by atoms with Gasteiger partial charge in [-0.15, -0.1) is 10.1 Å². The molecule has 23 heavy (non-hydrogen) atoms. The van der Waals surface area contributed by atoms with Crippen molar-refractivity contribution in [1.82, 2.24) is 9.55 Å². The summed E-state index contributed by atoms with van der Waals surface area (Å²) in [5.74, 6) is 0.907. The topological polar surface area (TPSA) is 81.2 Å². The smallest absolute Gasteiger partial charge is 0.291 e. The molecule has 1 heterocycles. The Bertz CT molecular complexity index is 616. The molecule has 0 fully saturated rings. The van der Waals surface area contributed by atoms with E-state index in [9.17, 15) is 0 Å². The average molecular weight is 360 g/mol. The summed E-state index contributed by atoms with van der Waals surface area (Å²) in [6.45, 7) is 5.35. The van der Waals surface area contributed by atoms with Crippen LogP contribution in [0.4, 0.5) is 0 Å². The van der Waals surface area contributed by atoms with Crippen LogP contribution >= 0.6 is 23.2 Å². The second-order valence-corrected chi connectivity index (χ2v) is 6.00. The molecule has 0 aliphatic rings. The van der Waals surface area contributed by atoms with E-state index in [1.165, 1.54) is 0 Å². The molecular formula is C15H19Cl2N3O3. The van der Waals surface area contributed by atoms with Crippen LogP contribution in [0.25, 0.3) is 0 Å². The van der Waals surface area contributed by atoms with Gasteiger partial charge in [0.1, 0.15) is 0 Å². The Morgan fingerprint density at radius 2 is 2.09 bits per heavy atom. The zero-order valence-corrected chi connectivity index (χ0v) is 14.4. The molecule has 0 spiro atoms. The van der Waals surface area contributed by atoms with Crippen LogP contribution in [0.2, 0.25) is 10.0 Å². The van der Waals surface area contributed by atoms with Crippen LogP contribution in [0.1, 0.15) is 31.7 Å². The van der Waals surface area contributed by atoms with Gasteiger partial charge in [-0.25, -0.2) is 4.98 Å². The lowest BCUT2D eigenvalue weighted by Crippen LogP contribution is -2.16. The van der Waals surface area contributed by atoms with Crippen molar-refractivity contribution in [3.63, 3.8) is 0 Å². The minimum Gasteiger partial charge on any atom is -0.337 e. The molecule has 0 saturated heterocycles. The normalized spacial score (nSPS) is 12.9. The summed E-state index contributed by atoms with van der Waals surface area (Å²) < 4.78 is 2.10. The van der Waals surface area contributed by atoms with Crippen molar-refractivity contribution in [2.24, 2.45) is 5.92 Å². The van der Waals surface area contributed by atoms with Gasteiger partial charge in [-0.2, -0.15) is 0 Å². The standard InChI is InChI=1S/C15H18Cl2N2.HNO3/c1-3-11(2)14(9-19-7-6-18-10-19)13-5-4-12(16)8-15(13)17;2-1(3)4/h4-8,10-11,14H,3,9H2,1-2H3;(H,2,3,4). The van der Waals surface area contributed by atoms with E-state index in [0.717, 1.165) is 23.6 Å². The van der Waals surface area contributed by atoms with Gasteiger partial charge in [-0.05, 0) is 23.6 Å². The largest absolute Gasteiger partial charge is 0.337 e. The molecule has 126 valence electrons. The first-order valence-corrected chi connectivity index (χ1v) is 7.84. The van der Waals surface area contributed by atoms with Gasteiger partial charge in [0.2, 0.25) is 0 Å². The summed E-state index contributed by atoms with van der Waals surface area (Å²) in [6.07, 6.45) is 6.74. The maximum atomic E-state index is 8.36. The first kappa shape index (κ1) is 19.3. The monoisotopic (exact) mass is 359 g/mol. The number of rotatable bonds is 5. The fraction of sp³-hybridized carbons (Fsp3) is 0.400. The molecule has 0 amide bonds. The quantitative estimate of drug-likeness (QED) is 0.620. The molecule has 1 aromatic heterocycles. The Morgan fingerprint density at radius 3 is 2.57 bits per heavy atom. The lowest BCUT2D eigenvalue weighted by molar-refractivity contribution is -0.742. The zero-order chi connectivity index (χ0) is 17.4. The number of benzene rings is 1. The third-order valence-corrected chi connectivity index (χ3v) is 4.22. The summed E-state index contributed by atoms with van der Waals surface area (Å²) in [6, 6.07) is 5.77. The summed E-state index contributed by atoms with van der Waals surface area (Å²) in [7, 11) is 0. The summed E-state index contributed by atoms with van der Waals surface area (Å²) in [5.41, 5.74) is 1.16. The molecule has 2 unspecified atom stereocenters. The minimum absolute atomic E-state index is 0.365. The lowest BCUT2D eigenvalue weighted by Gasteiger charge is -2.25. The van der Waals surface area contributed by atoms with Crippen LogP contribution in [0.5, 0.6) is 0 Å². The number of halogens is 2. The van der Waals surface area contributed by atoms with Gasteiger partial charge in [0.25, 0.3) is 5.09 Å². The van der Waals surface area contributed by atoms with Gasteiger partial charge in [0.05, 0.1) is 6.33 Å². The van der Waals surface area contributed by atoms with Crippen molar-refractivity contribution >= 4 is 23.2 Å². The number of imidazole rings is 1. The molecule has 0 saturated carbocycles. The highest BCUT2D eigenvalue weighted by molar-refractivity contribution is 6.35. The minimum atomic E-state index is -1.50. The van der Waals surface area contributed by atoms with Gasteiger partial charge < -0.3 is 9.77 Å². The number of aromatic nitrogens is 2. The van der Waals surface area contributed by atoms with Crippen LogP contribution in [0.15, 0.2) is 36.9 Å². The number of nitrogens with zero attached hydrogens (tertiary/aromatic N) is 3. The van der Waals surface area contributed by atoms with Gasteiger partial charge in [-0.3, -0.25) is 0 Å². The average Bonchev–Trinajstić information content (AvgIpc) is 2.97. The SMILES string of the molecule is CCC(C)C(Cn1ccnc1)c1ccc(Cl)cc1Cl.O=[N+]([O-])O. The van der Waals surface area contributed by atoms with Crippen LogP contribution < -0.4 is 0 Å². The van der Waals surface area contributed by atoms with Crippen molar-refractivity contribution in [3.8, 4) is 0 Å². The predicted octanol–water partition coefficient (Wildman–Crippen LogP) is 4.67. The van der Waals surface area contributed by atoms with E-state index in [1.807, 2.05) is 30.7 Å². The third-order valence-electron chi connectivity index (χ3n) is 3.66. The van der Waals surface area contributed by atoms with Crippen molar-refractivity contribution < 1.29 is 10.3 Å². The van der Waals surface area contributed by atoms with E-state index >= 15 is 0 Å².